The number of nitrogens with one attached hydrogen (secondary N) is 1. The number of nitrogens with zero attached hydrogens (tertiary/aromatic N) is 2. The van der Waals surface area contributed by atoms with Gasteiger partial charge in [-0.15, -0.1) is 10.2 Å². The number of aryl methyl sites for hydroxylation is 1. The summed E-state index contributed by atoms with van der Waals surface area (Å²) < 4.78 is 24.1. The number of aromatic nitrogens is 2. The van der Waals surface area contributed by atoms with Crippen LogP contribution in [0.3, 0.4) is 0 Å². The van der Waals surface area contributed by atoms with E-state index in [0.717, 1.165) is 10.9 Å². The fourth-order valence-corrected chi connectivity index (χ4v) is 3.41. The molecule has 0 aliphatic rings. The van der Waals surface area contributed by atoms with E-state index in [1.807, 2.05) is 19.1 Å². The molecule has 0 radical (unpaired) electrons. The van der Waals surface area contributed by atoms with Gasteiger partial charge in [0.1, 0.15) is 5.82 Å². The molecule has 2 aromatic heterocycles. The van der Waals surface area contributed by atoms with Crippen molar-refractivity contribution in [3.05, 3.63) is 64.3 Å². The molecular weight excluding hydrogens is 369 g/mol. The summed E-state index contributed by atoms with van der Waals surface area (Å²) in [5.74, 6) is 0.134. The number of hydrogen-bond donors (Lipinski definition) is 1. The van der Waals surface area contributed by atoms with Crippen molar-refractivity contribution in [3.63, 3.8) is 0 Å². The molecule has 0 bridgehead atoms. The summed E-state index contributed by atoms with van der Waals surface area (Å²) in [5, 5.41) is 12.7. The van der Waals surface area contributed by atoms with Crippen LogP contribution < -0.4 is 15.7 Å². The van der Waals surface area contributed by atoms with Crippen molar-refractivity contribution in [3.8, 4) is 16.3 Å². The molecule has 0 atom stereocenters. The lowest BCUT2D eigenvalue weighted by Gasteiger charge is -2.05. The van der Waals surface area contributed by atoms with Crippen LogP contribution >= 0.6 is 11.3 Å². The number of para-hydroxylation sites is 1. The van der Waals surface area contributed by atoms with Crippen LogP contribution in [0.4, 0.5) is 15.2 Å². The zero-order valence-corrected chi connectivity index (χ0v) is 15.3. The van der Waals surface area contributed by atoms with Crippen LogP contribution in [0, 0.1) is 12.7 Å². The van der Waals surface area contributed by atoms with Gasteiger partial charge in [-0.1, -0.05) is 29.5 Å². The first-order chi connectivity index (χ1) is 13.0. The zero-order chi connectivity index (χ0) is 19.0. The van der Waals surface area contributed by atoms with Gasteiger partial charge in [-0.3, -0.25) is 0 Å². The summed E-state index contributed by atoms with van der Waals surface area (Å²) in [6, 6.07) is 11.5. The molecule has 0 unspecified atom stereocenters. The summed E-state index contributed by atoms with van der Waals surface area (Å²) in [6.45, 7) is 1.86. The van der Waals surface area contributed by atoms with Crippen LogP contribution in [-0.2, 0) is 0 Å². The quantitative estimate of drug-likeness (QED) is 0.523. The van der Waals surface area contributed by atoms with E-state index >= 15 is 0 Å². The molecule has 0 aliphatic heterocycles. The lowest BCUT2D eigenvalue weighted by molar-refractivity contribution is 0.407. The second-order valence-electron chi connectivity index (χ2n) is 5.82. The van der Waals surface area contributed by atoms with Gasteiger partial charge in [-0.05, 0) is 36.8 Å². The number of rotatable bonds is 4. The van der Waals surface area contributed by atoms with E-state index < -0.39 is 5.63 Å². The SMILES string of the molecule is COc1cccc2cc(-c3nnc(Nc4cc(F)ccc4C)s3)c(=O)oc12. The van der Waals surface area contributed by atoms with Gasteiger partial charge >= 0.3 is 5.63 Å². The number of halogens is 1. The topological polar surface area (TPSA) is 77.3 Å². The van der Waals surface area contributed by atoms with Crippen LogP contribution in [0.25, 0.3) is 21.5 Å². The molecule has 0 saturated carbocycles. The van der Waals surface area contributed by atoms with E-state index in [1.165, 1.54) is 30.6 Å². The largest absolute Gasteiger partial charge is 0.493 e. The van der Waals surface area contributed by atoms with E-state index in [4.69, 9.17) is 9.15 Å². The maximum atomic E-state index is 13.4. The maximum Gasteiger partial charge on any atom is 0.346 e. The lowest BCUT2D eigenvalue weighted by atomic mass is 10.2. The van der Waals surface area contributed by atoms with Gasteiger partial charge < -0.3 is 14.5 Å². The Labute approximate surface area is 157 Å². The van der Waals surface area contributed by atoms with Crippen LogP contribution in [0.15, 0.2) is 51.7 Å². The predicted octanol–water partition coefficient (Wildman–Crippen LogP) is 4.51. The molecule has 0 amide bonds. The minimum atomic E-state index is -0.531. The first-order valence-corrected chi connectivity index (χ1v) is 8.85. The molecule has 0 spiro atoms. The van der Waals surface area contributed by atoms with E-state index in [0.29, 0.717) is 32.7 Å². The molecule has 1 N–H and O–H groups in total. The summed E-state index contributed by atoms with van der Waals surface area (Å²) in [4.78, 5) is 12.4. The van der Waals surface area contributed by atoms with Crippen LogP contribution in [0.5, 0.6) is 5.75 Å². The van der Waals surface area contributed by atoms with Crippen molar-refractivity contribution in [2.75, 3.05) is 12.4 Å². The molecular formula is C19H14FN3O3S. The Balaban J connectivity index is 1.72. The fraction of sp³-hybridized carbons (Fsp3) is 0.105. The second kappa shape index (κ2) is 6.81. The minimum absolute atomic E-state index is 0.303. The minimum Gasteiger partial charge on any atom is -0.493 e. The van der Waals surface area contributed by atoms with Crippen LogP contribution in [-0.4, -0.2) is 17.3 Å². The van der Waals surface area contributed by atoms with E-state index in [-0.39, 0.29) is 5.82 Å². The number of methoxy groups -OCH3 is 1. The molecule has 0 aliphatic carbocycles. The Morgan fingerprint density at radius 2 is 2.04 bits per heavy atom. The third-order valence-corrected chi connectivity index (χ3v) is 4.91. The van der Waals surface area contributed by atoms with Gasteiger partial charge in [0.25, 0.3) is 0 Å². The number of benzene rings is 2. The van der Waals surface area contributed by atoms with E-state index in [2.05, 4.69) is 15.5 Å². The molecule has 0 saturated heterocycles. The Morgan fingerprint density at radius 1 is 1.19 bits per heavy atom. The number of hydrogen-bond acceptors (Lipinski definition) is 7. The Bertz CT molecular complexity index is 1200. The zero-order valence-electron chi connectivity index (χ0n) is 14.4. The standard InChI is InChI=1S/C19H14FN3O3S/c1-10-6-7-12(20)9-14(10)21-19-23-22-17(27-19)13-8-11-4-3-5-15(25-2)16(11)26-18(13)24/h3-9H,1-2H3,(H,21,23). The Kier molecular flexibility index (Phi) is 4.33. The molecule has 6 nitrogen and oxygen atoms in total. The van der Waals surface area contributed by atoms with E-state index in [1.54, 1.807) is 18.2 Å². The summed E-state index contributed by atoms with van der Waals surface area (Å²) >= 11 is 1.18. The van der Waals surface area contributed by atoms with Crippen molar-refractivity contribution < 1.29 is 13.5 Å². The van der Waals surface area contributed by atoms with Gasteiger partial charge in [-0.25, -0.2) is 9.18 Å². The van der Waals surface area contributed by atoms with Gasteiger partial charge in [0, 0.05) is 11.1 Å². The van der Waals surface area contributed by atoms with Crippen molar-refractivity contribution in [1.82, 2.24) is 10.2 Å². The smallest absolute Gasteiger partial charge is 0.346 e. The molecule has 4 rings (SSSR count). The van der Waals surface area contributed by atoms with Crippen LogP contribution in [0.1, 0.15) is 5.56 Å². The van der Waals surface area contributed by atoms with Crippen molar-refractivity contribution in [2.45, 2.75) is 6.92 Å². The first kappa shape index (κ1) is 17.2. The van der Waals surface area contributed by atoms with Crippen molar-refractivity contribution in [1.29, 1.82) is 0 Å². The highest BCUT2D eigenvalue weighted by molar-refractivity contribution is 7.18. The average Bonchev–Trinajstić information content (AvgIpc) is 3.12. The van der Waals surface area contributed by atoms with Gasteiger partial charge in [0.05, 0.1) is 12.7 Å². The third-order valence-electron chi connectivity index (χ3n) is 4.04. The predicted molar refractivity (Wildman–Crippen MR) is 102 cm³/mol. The maximum absolute atomic E-state index is 13.4. The molecule has 136 valence electrons. The lowest BCUT2D eigenvalue weighted by Crippen LogP contribution is -2.03. The monoisotopic (exact) mass is 383 g/mol. The fourth-order valence-electron chi connectivity index (χ4n) is 2.65. The highest BCUT2D eigenvalue weighted by Gasteiger charge is 2.15. The second-order valence-corrected chi connectivity index (χ2v) is 6.80. The van der Waals surface area contributed by atoms with Crippen LogP contribution in [0.2, 0.25) is 0 Å². The third kappa shape index (κ3) is 3.26. The molecule has 2 heterocycles. The van der Waals surface area contributed by atoms with Gasteiger partial charge in [0.2, 0.25) is 5.13 Å². The van der Waals surface area contributed by atoms with Gasteiger partial charge in [0.15, 0.2) is 16.3 Å². The number of ether oxygens (including phenoxy) is 1. The highest BCUT2D eigenvalue weighted by atomic mass is 32.1. The molecule has 8 heteroatoms. The Hall–Kier alpha value is -3.26. The molecule has 4 aromatic rings. The normalized spacial score (nSPS) is 10.9. The van der Waals surface area contributed by atoms with Gasteiger partial charge in [-0.2, -0.15) is 0 Å². The molecule has 2 aromatic carbocycles. The highest BCUT2D eigenvalue weighted by Crippen LogP contribution is 2.31. The number of fused-ring (bicyclic) bond motifs is 1. The summed E-state index contributed by atoms with van der Waals surface area (Å²) in [7, 11) is 1.51. The van der Waals surface area contributed by atoms with Crippen molar-refractivity contribution >= 4 is 33.1 Å². The Morgan fingerprint density at radius 3 is 2.85 bits per heavy atom. The summed E-state index contributed by atoms with van der Waals surface area (Å²) in [5.41, 5.74) is 1.61. The number of anilines is 2. The molecule has 27 heavy (non-hydrogen) atoms. The first-order valence-electron chi connectivity index (χ1n) is 8.03. The average molecular weight is 383 g/mol. The molecule has 0 fully saturated rings. The summed E-state index contributed by atoms with van der Waals surface area (Å²) in [6.07, 6.45) is 0. The van der Waals surface area contributed by atoms with E-state index in [9.17, 15) is 9.18 Å². The van der Waals surface area contributed by atoms with Crippen molar-refractivity contribution in [2.24, 2.45) is 0 Å².